The highest BCUT2D eigenvalue weighted by Crippen LogP contribution is 2.23. The van der Waals surface area contributed by atoms with Crippen LogP contribution in [0.2, 0.25) is 0 Å². The molecule has 3 aromatic carbocycles. The minimum Gasteiger partial charge on any atom is -0.497 e. The van der Waals surface area contributed by atoms with Crippen LogP contribution in [-0.4, -0.2) is 35.1 Å². The summed E-state index contributed by atoms with van der Waals surface area (Å²) in [6.45, 7) is 0. The minimum absolute atomic E-state index is 0.152. The molecule has 0 aliphatic carbocycles. The monoisotopic (exact) mass is 452 g/mol. The fourth-order valence-electron chi connectivity index (χ4n) is 3.65. The lowest BCUT2D eigenvalue weighted by Gasteiger charge is -2.15. The number of carbonyl (C=O) groups excluding carboxylic acids is 1. The summed E-state index contributed by atoms with van der Waals surface area (Å²) in [6, 6.07) is 27.4. The van der Waals surface area contributed by atoms with Crippen LogP contribution in [0, 0.1) is 0 Å². The number of benzene rings is 3. The lowest BCUT2D eigenvalue weighted by molar-refractivity contribution is -0.139. The lowest BCUT2D eigenvalue weighted by Crippen LogP contribution is -2.42. The molecule has 4 aromatic rings. The van der Waals surface area contributed by atoms with E-state index in [1.54, 1.807) is 19.2 Å². The average Bonchev–Trinajstić information content (AvgIpc) is 2.89. The van der Waals surface area contributed by atoms with Gasteiger partial charge in [0.2, 0.25) is 0 Å². The summed E-state index contributed by atoms with van der Waals surface area (Å²) >= 11 is 0. The predicted octanol–water partition coefficient (Wildman–Crippen LogP) is 4.85. The van der Waals surface area contributed by atoms with Gasteiger partial charge in [-0.05, 0) is 52.1 Å². The van der Waals surface area contributed by atoms with Crippen molar-refractivity contribution in [2.75, 3.05) is 7.11 Å². The van der Waals surface area contributed by atoms with Crippen LogP contribution in [0.3, 0.4) is 0 Å². The van der Waals surface area contributed by atoms with E-state index in [0.717, 1.165) is 33.6 Å². The maximum absolute atomic E-state index is 12.8. The first kappa shape index (κ1) is 22.7. The van der Waals surface area contributed by atoms with E-state index in [4.69, 9.17) is 4.74 Å². The largest absolute Gasteiger partial charge is 0.497 e. The number of aliphatic carboxylic acids is 1. The maximum Gasteiger partial charge on any atom is 0.326 e. The van der Waals surface area contributed by atoms with Crippen molar-refractivity contribution < 1.29 is 19.4 Å². The van der Waals surface area contributed by atoms with E-state index in [1.165, 1.54) is 6.20 Å². The van der Waals surface area contributed by atoms with Crippen LogP contribution in [0.15, 0.2) is 97.2 Å². The molecule has 0 bridgehead atoms. The van der Waals surface area contributed by atoms with Gasteiger partial charge < -0.3 is 15.2 Å². The van der Waals surface area contributed by atoms with Gasteiger partial charge >= 0.3 is 5.97 Å². The minimum atomic E-state index is -1.10. The molecule has 0 saturated heterocycles. The summed E-state index contributed by atoms with van der Waals surface area (Å²) < 4.78 is 5.18. The zero-order valence-corrected chi connectivity index (χ0v) is 18.6. The molecular formula is C28H24N2O4. The number of hydrogen-bond acceptors (Lipinski definition) is 4. The van der Waals surface area contributed by atoms with Crippen molar-refractivity contribution in [1.82, 2.24) is 10.3 Å². The molecule has 0 unspecified atom stereocenters. The van der Waals surface area contributed by atoms with Crippen molar-refractivity contribution in [3.63, 3.8) is 0 Å². The van der Waals surface area contributed by atoms with Gasteiger partial charge in [-0.3, -0.25) is 9.78 Å². The first-order valence-corrected chi connectivity index (χ1v) is 10.8. The summed E-state index contributed by atoms with van der Waals surface area (Å²) in [7, 11) is 1.60. The van der Waals surface area contributed by atoms with Crippen molar-refractivity contribution >= 4 is 11.9 Å². The molecule has 0 radical (unpaired) electrons. The van der Waals surface area contributed by atoms with Crippen molar-refractivity contribution in [1.29, 1.82) is 0 Å². The highest BCUT2D eigenvalue weighted by Gasteiger charge is 2.22. The van der Waals surface area contributed by atoms with Gasteiger partial charge in [-0.25, -0.2) is 4.79 Å². The maximum atomic E-state index is 12.8. The summed E-state index contributed by atoms with van der Waals surface area (Å²) in [5, 5.41) is 12.3. The van der Waals surface area contributed by atoms with Crippen LogP contribution in [0.4, 0.5) is 0 Å². The molecule has 0 saturated carbocycles. The van der Waals surface area contributed by atoms with Gasteiger partial charge in [0.1, 0.15) is 17.5 Å². The Bertz CT molecular complexity index is 1270. The van der Waals surface area contributed by atoms with Crippen molar-refractivity contribution in [3.05, 3.63) is 108 Å². The number of hydrogen-bond donors (Lipinski definition) is 2. The number of amides is 1. The predicted molar refractivity (Wildman–Crippen MR) is 131 cm³/mol. The van der Waals surface area contributed by atoms with Gasteiger partial charge in [0, 0.05) is 12.6 Å². The normalized spacial score (nSPS) is 11.4. The first-order valence-electron chi connectivity index (χ1n) is 10.8. The third-order valence-corrected chi connectivity index (χ3v) is 5.52. The van der Waals surface area contributed by atoms with Crippen LogP contribution >= 0.6 is 0 Å². The smallest absolute Gasteiger partial charge is 0.326 e. The second kappa shape index (κ2) is 10.4. The molecule has 1 aromatic heterocycles. The molecule has 170 valence electrons. The molecule has 0 aliphatic rings. The van der Waals surface area contributed by atoms with Crippen LogP contribution in [0.1, 0.15) is 16.1 Å². The number of carbonyl (C=O) groups is 2. The van der Waals surface area contributed by atoms with Crippen LogP contribution < -0.4 is 10.1 Å². The van der Waals surface area contributed by atoms with Crippen LogP contribution in [0.5, 0.6) is 5.75 Å². The Morgan fingerprint density at radius 2 is 1.47 bits per heavy atom. The van der Waals surface area contributed by atoms with Crippen molar-refractivity contribution in [2.24, 2.45) is 0 Å². The fraction of sp³-hybridized carbons (Fsp3) is 0.107. The number of nitrogens with one attached hydrogen (secondary N) is 1. The van der Waals surface area contributed by atoms with E-state index in [1.807, 2.05) is 78.9 Å². The second-order valence-electron chi connectivity index (χ2n) is 7.79. The van der Waals surface area contributed by atoms with Gasteiger partial charge in [0.15, 0.2) is 0 Å². The Labute approximate surface area is 197 Å². The van der Waals surface area contributed by atoms with E-state index in [0.29, 0.717) is 0 Å². The van der Waals surface area contributed by atoms with Gasteiger partial charge in [0.05, 0.1) is 7.11 Å². The molecule has 2 N–H and O–H groups in total. The standard InChI is InChI=1S/C28H24N2O4/c1-34-24-13-11-22(12-14-24)23-15-16-29-25(18-23)27(31)30-26(28(32)33)17-19-7-9-21(10-8-19)20-5-3-2-4-6-20/h2-16,18,26H,17H2,1H3,(H,30,31)(H,32,33)/t26-/m0/s1. The molecule has 0 spiro atoms. The summed E-state index contributed by atoms with van der Waals surface area (Å²) in [5.74, 6) is -0.910. The van der Waals surface area contributed by atoms with E-state index in [9.17, 15) is 14.7 Å². The number of carboxylic acid groups (broad SMARTS) is 1. The zero-order chi connectivity index (χ0) is 23.9. The Morgan fingerprint density at radius 1 is 0.853 bits per heavy atom. The number of rotatable bonds is 8. The molecule has 0 fully saturated rings. The van der Waals surface area contributed by atoms with E-state index >= 15 is 0 Å². The zero-order valence-electron chi connectivity index (χ0n) is 18.6. The van der Waals surface area contributed by atoms with Gasteiger partial charge in [-0.2, -0.15) is 0 Å². The number of ether oxygens (including phenoxy) is 1. The second-order valence-corrected chi connectivity index (χ2v) is 7.79. The molecule has 6 heteroatoms. The third-order valence-electron chi connectivity index (χ3n) is 5.52. The molecule has 1 amide bonds. The number of methoxy groups -OCH3 is 1. The Hall–Kier alpha value is -4.45. The summed E-state index contributed by atoms with van der Waals surface area (Å²) in [5.41, 5.74) is 4.78. The molecule has 4 rings (SSSR count). The molecule has 1 atom stereocenters. The first-order chi connectivity index (χ1) is 16.5. The lowest BCUT2D eigenvalue weighted by atomic mass is 10.0. The van der Waals surface area contributed by atoms with E-state index in [-0.39, 0.29) is 12.1 Å². The number of aromatic nitrogens is 1. The number of nitrogens with zero attached hydrogens (tertiary/aromatic N) is 1. The fourth-order valence-corrected chi connectivity index (χ4v) is 3.65. The topological polar surface area (TPSA) is 88.5 Å². The molecule has 0 aliphatic heterocycles. The van der Waals surface area contributed by atoms with Crippen molar-refractivity contribution in [2.45, 2.75) is 12.5 Å². The van der Waals surface area contributed by atoms with Crippen molar-refractivity contribution in [3.8, 4) is 28.0 Å². The number of carboxylic acids is 1. The Kier molecular flexibility index (Phi) is 6.98. The van der Waals surface area contributed by atoms with E-state index in [2.05, 4.69) is 10.3 Å². The van der Waals surface area contributed by atoms with Gasteiger partial charge in [-0.15, -0.1) is 0 Å². The quantitative estimate of drug-likeness (QED) is 0.399. The molecule has 1 heterocycles. The Balaban J connectivity index is 1.46. The van der Waals surface area contributed by atoms with Crippen LogP contribution in [-0.2, 0) is 11.2 Å². The molecule has 34 heavy (non-hydrogen) atoms. The number of pyridine rings is 1. The van der Waals surface area contributed by atoms with Crippen LogP contribution in [0.25, 0.3) is 22.3 Å². The summed E-state index contributed by atoms with van der Waals surface area (Å²) in [4.78, 5) is 28.8. The molecular weight excluding hydrogens is 428 g/mol. The average molecular weight is 453 g/mol. The SMILES string of the molecule is COc1ccc(-c2ccnc(C(=O)N[C@@H](Cc3ccc(-c4ccccc4)cc3)C(=O)O)c2)cc1. The Morgan fingerprint density at radius 3 is 2.12 bits per heavy atom. The van der Waals surface area contributed by atoms with Gasteiger partial charge in [-0.1, -0.05) is 66.7 Å². The third kappa shape index (κ3) is 5.48. The molecule has 6 nitrogen and oxygen atoms in total. The highest BCUT2D eigenvalue weighted by atomic mass is 16.5. The van der Waals surface area contributed by atoms with E-state index < -0.39 is 17.9 Å². The van der Waals surface area contributed by atoms with Gasteiger partial charge in [0.25, 0.3) is 5.91 Å². The summed E-state index contributed by atoms with van der Waals surface area (Å²) in [6.07, 6.45) is 1.70. The highest BCUT2D eigenvalue weighted by molar-refractivity contribution is 5.96.